The number of hydrogen-bond donors (Lipinski definition) is 0. The van der Waals surface area contributed by atoms with Gasteiger partial charge >= 0.3 is 0 Å². The fraction of sp³-hybridized carbons (Fsp3) is 0. The van der Waals surface area contributed by atoms with Crippen molar-refractivity contribution in [1.82, 2.24) is 4.98 Å². The Morgan fingerprint density at radius 3 is 1.70 bits per heavy atom. The van der Waals surface area contributed by atoms with Crippen LogP contribution in [-0.4, -0.2) is 4.98 Å². The third kappa shape index (κ3) is 4.33. The molecule has 216 valence electrons. The third-order valence-corrected chi connectivity index (χ3v) is 8.82. The zero-order chi connectivity index (χ0) is 30.5. The summed E-state index contributed by atoms with van der Waals surface area (Å²) in [6.45, 7) is 0. The average molecular weight is 589 g/mol. The van der Waals surface area contributed by atoms with E-state index in [-0.39, 0.29) is 0 Å². The van der Waals surface area contributed by atoms with Gasteiger partial charge in [0, 0.05) is 38.9 Å². The van der Waals surface area contributed by atoms with Gasteiger partial charge in [0.25, 0.3) is 0 Å². The molecule has 3 heterocycles. The molecule has 0 fully saturated rings. The second-order valence-corrected chi connectivity index (χ2v) is 11.6. The predicted octanol–water partition coefficient (Wildman–Crippen LogP) is 11.9. The second kappa shape index (κ2) is 10.8. The Labute approximate surface area is 267 Å². The van der Waals surface area contributed by atoms with E-state index in [2.05, 4.69) is 163 Å². The molecular weight excluding hydrogens is 560 g/mol. The molecule has 6 aromatic carbocycles. The lowest BCUT2D eigenvalue weighted by Gasteiger charge is -2.27. The smallest absolute Gasteiger partial charge is 0.145 e. The number of furan rings is 1. The highest BCUT2D eigenvalue weighted by molar-refractivity contribution is 6.10. The highest BCUT2D eigenvalue weighted by Crippen LogP contribution is 2.53. The Bertz CT molecular complexity index is 2300. The van der Waals surface area contributed by atoms with Crippen LogP contribution in [0.2, 0.25) is 0 Å². The van der Waals surface area contributed by atoms with E-state index in [9.17, 15) is 0 Å². The molecule has 0 atom stereocenters. The van der Waals surface area contributed by atoms with E-state index >= 15 is 0 Å². The van der Waals surface area contributed by atoms with E-state index < -0.39 is 0 Å². The van der Waals surface area contributed by atoms with Gasteiger partial charge in [-0.2, -0.15) is 0 Å². The largest absolute Gasteiger partial charge is 0.455 e. The first-order valence-electron chi connectivity index (χ1n) is 15.6. The van der Waals surface area contributed by atoms with Crippen molar-refractivity contribution in [3.8, 4) is 56.1 Å². The van der Waals surface area contributed by atoms with Crippen molar-refractivity contribution in [3.05, 3.63) is 170 Å². The van der Waals surface area contributed by atoms with Gasteiger partial charge in [-0.25, -0.2) is 4.98 Å². The van der Waals surface area contributed by atoms with Gasteiger partial charge in [0.2, 0.25) is 0 Å². The van der Waals surface area contributed by atoms with Crippen molar-refractivity contribution in [2.24, 2.45) is 0 Å². The fourth-order valence-corrected chi connectivity index (χ4v) is 6.66. The third-order valence-electron chi connectivity index (χ3n) is 8.82. The summed E-state index contributed by atoms with van der Waals surface area (Å²) in [4.78, 5) is 7.50. The van der Waals surface area contributed by atoms with E-state index in [0.29, 0.717) is 0 Å². The lowest BCUT2D eigenvalue weighted by atomic mass is 9.98. The van der Waals surface area contributed by atoms with Gasteiger partial charge in [0.15, 0.2) is 0 Å². The fourth-order valence-electron chi connectivity index (χ4n) is 6.66. The van der Waals surface area contributed by atoms with Crippen LogP contribution in [0, 0.1) is 0 Å². The van der Waals surface area contributed by atoms with Gasteiger partial charge in [-0.3, -0.25) is 0 Å². The van der Waals surface area contributed by atoms with E-state index in [0.717, 1.165) is 78.6 Å². The van der Waals surface area contributed by atoms with Crippen LogP contribution in [0.4, 0.5) is 17.1 Å². The Kier molecular flexibility index (Phi) is 6.14. The van der Waals surface area contributed by atoms with Crippen LogP contribution in [0.3, 0.4) is 0 Å². The maximum Gasteiger partial charge on any atom is 0.145 e. The summed E-state index contributed by atoms with van der Waals surface area (Å²) in [6.07, 6.45) is 0. The molecular formula is C43H28N2O. The van der Waals surface area contributed by atoms with Gasteiger partial charge in [0.05, 0.1) is 22.8 Å². The minimum absolute atomic E-state index is 0.898. The molecule has 3 heteroatoms. The molecule has 1 aliphatic heterocycles. The lowest BCUT2D eigenvalue weighted by molar-refractivity contribution is 0.633. The summed E-state index contributed by atoms with van der Waals surface area (Å²) in [5, 5.41) is 1.12. The lowest BCUT2D eigenvalue weighted by Crippen LogP contribution is -2.10. The Hall–Kier alpha value is -6.19. The van der Waals surface area contributed by atoms with Gasteiger partial charge in [-0.1, -0.05) is 121 Å². The molecule has 0 amide bonds. The van der Waals surface area contributed by atoms with Crippen LogP contribution in [0.15, 0.2) is 174 Å². The van der Waals surface area contributed by atoms with E-state index in [1.165, 1.54) is 5.56 Å². The van der Waals surface area contributed by atoms with Crippen molar-refractivity contribution >= 4 is 28.0 Å². The van der Waals surface area contributed by atoms with Gasteiger partial charge in [0.1, 0.15) is 11.3 Å². The molecule has 0 N–H and O–H groups in total. The number of hydrogen-bond acceptors (Lipinski definition) is 3. The number of para-hydroxylation sites is 3. The van der Waals surface area contributed by atoms with E-state index in [1.54, 1.807) is 0 Å². The first-order valence-corrected chi connectivity index (χ1v) is 15.6. The summed E-state index contributed by atoms with van der Waals surface area (Å²) >= 11 is 0. The molecule has 0 unspecified atom stereocenters. The molecule has 9 rings (SSSR count). The standard InChI is InChI=1S/C43H28N2O/c1-3-13-29(14-4-1)32-27-37(30-15-5-2-6-16-30)44-38(28-32)31-23-25-33(26-24-31)45-39-20-10-7-17-34(39)42-36-19-9-12-22-41(36)46-43(42)35-18-8-11-21-40(35)45/h1-28H. The summed E-state index contributed by atoms with van der Waals surface area (Å²) in [5.41, 5.74) is 13.9. The minimum atomic E-state index is 0.898. The Morgan fingerprint density at radius 2 is 0.978 bits per heavy atom. The molecule has 46 heavy (non-hydrogen) atoms. The average Bonchev–Trinajstić information content (AvgIpc) is 3.47. The quantitative estimate of drug-likeness (QED) is 0.205. The number of pyridine rings is 1. The Morgan fingerprint density at radius 1 is 0.435 bits per heavy atom. The van der Waals surface area contributed by atoms with Crippen LogP contribution in [-0.2, 0) is 0 Å². The molecule has 0 saturated carbocycles. The Balaban J connectivity index is 1.19. The van der Waals surface area contributed by atoms with Crippen molar-refractivity contribution in [1.29, 1.82) is 0 Å². The van der Waals surface area contributed by atoms with Crippen molar-refractivity contribution in [2.75, 3.05) is 4.90 Å². The molecule has 8 aromatic rings. The number of aromatic nitrogens is 1. The number of benzene rings is 6. The first kappa shape index (κ1) is 26.2. The topological polar surface area (TPSA) is 29.3 Å². The van der Waals surface area contributed by atoms with Gasteiger partial charge in [-0.15, -0.1) is 0 Å². The van der Waals surface area contributed by atoms with Crippen molar-refractivity contribution in [2.45, 2.75) is 0 Å². The van der Waals surface area contributed by atoms with Crippen LogP contribution in [0.25, 0.3) is 67.1 Å². The molecule has 0 saturated heterocycles. The second-order valence-electron chi connectivity index (χ2n) is 11.6. The monoisotopic (exact) mass is 588 g/mol. The molecule has 1 aliphatic rings. The predicted molar refractivity (Wildman–Crippen MR) is 189 cm³/mol. The number of anilines is 3. The van der Waals surface area contributed by atoms with Crippen LogP contribution >= 0.6 is 0 Å². The van der Waals surface area contributed by atoms with Crippen LogP contribution < -0.4 is 4.90 Å². The zero-order valence-corrected chi connectivity index (χ0v) is 25.0. The highest BCUT2D eigenvalue weighted by atomic mass is 16.3. The number of fused-ring (bicyclic) bond motifs is 7. The van der Waals surface area contributed by atoms with E-state index in [4.69, 9.17) is 9.40 Å². The minimum Gasteiger partial charge on any atom is -0.455 e. The van der Waals surface area contributed by atoms with Crippen LogP contribution in [0.5, 0.6) is 0 Å². The zero-order valence-electron chi connectivity index (χ0n) is 25.0. The van der Waals surface area contributed by atoms with Gasteiger partial charge < -0.3 is 9.32 Å². The molecule has 2 aromatic heterocycles. The van der Waals surface area contributed by atoms with Gasteiger partial charge in [-0.05, 0) is 59.7 Å². The van der Waals surface area contributed by atoms with Crippen LogP contribution in [0.1, 0.15) is 0 Å². The van der Waals surface area contributed by atoms with Crippen molar-refractivity contribution < 1.29 is 4.42 Å². The number of rotatable bonds is 4. The summed E-state index contributed by atoms with van der Waals surface area (Å²) in [6, 6.07) is 59.5. The maximum absolute atomic E-state index is 6.58. The summed E-state index contributed by atoms with van der Waals surface area (Å²) < 4.78 is 6.58. The normalized spacial score (nSPS) is 11.9. The molecule has 3 nitrogen and oxygen atoms in total. The van der Waals surface area contributed by atoms with E-state index in [1.807, 2.05) is 12.1 Å². The highest BCUT2D eigenvalue weighted by Gasteiger charge is 2.29. The maximum atomic E-state index is 6.58. The summed E-state index contributed by atoms with van der Waals surface area (Å²) in [7, 11) is 0. The summed E-state index contributed by atoms with van der Waals surface area (Å²) in [5.74, 6) is 0.902. The molecule has 0 bridgehead atoms. The number of nitrogens with zero attached hydrogens (tertiary/aromatic N) is 2. The molecule has 0 radical (unpaired) electrons. The van der Waals surface area contributed by atoms with Crippen molar-refractivity contribution in [3.63, 3.8) is 0 Å². The SMILES string of the molecule is c1ccc(-c2cc(-c3ccccc3)nc(-c3ccc(N4c5ccccc5-c5oc6ccccc6c5-c5ccccc54)cc3)c2)cc1. The first-order chi connectivity index (χ1) is 22.8. The molecule has 0 spiro atoms. The molecule has 0 aliphatic carbocycles.